The van der Waals surface area contributed by atoms with E-state index in [4.69, 9.17) is 48.4 Å². The summed E-state index contributed by atoms with van der Waals surface area (Å²) in [6.45, 7) is 18.4. The molecular weight excluding hydrogens is 1800 g/mol. The predicted octanol–water partition coefficient (Wildman–Crippen LogP) is 35.2. The van der Waals surface area contributed by atoms with Gasteiger partial charge in [0.2, 0.25) is 0 Å². The quantitative estimate of drug-likeness (QED) is 0.0278. The van der Waals surface area contributed by atoms with Crippen molar-refractivity contribution < 1.29 is 28.4 Å². The highest BCUT2D eigenvalue weighted by Gasteiger charge is 2.25. The molecule has 0 unspecified atom stereocenters. The fraction of sp³-hybridized carbons (Fsp3) is 0.109. The Morgan fingerprint density at radius 2 is 0.356 bits per heavy atom. The number of ether oxygens (including phenoxy) is 6. The zero-order valence-corrected chi connectivity index (χ0v) is 83.2. The molecule has 18 aromatic carbocycles. The second-order valence-electron chi connectivity index (χ2n) is 36.2. The lowest BCUT2D eigenvalue weighted by Gasteiger charge is -2.26. The number of nitrogens with zero attached hydrogens (tertiary/aromatic N) is 12. The van der Waals surface area contributed by atoms with Crippen LogP contribution in [0.4, 0.5) is 102 Å². The van der Waals surface area contributed by atoms with Crippen molar-refractivity contribution in [3.05, 3.63) is 473 Å². The highest BCUT2D eigenvalue weighted by molar-refractivity contribution is 5.88. The molecule has 0 fully saturated rings. The number of hydrogen-bond donors (Lipinski definition) is 0. The van der Waals surface area contributed by atoms with Crippen LogP contribution in [0.3, 0.4) is 0 Å². The Bertz CT molecular complexity index is 7470. The van der Waals surface area contributed by atoms with E-state index >= 15 is 0 Å². The summed E-state index contributed by atoms with van der Waals surface area (Å²) in [5.74, 6) is 5.91. The van der Waals surface area contributed by atoms with E-state index in [1.165, 1.54) is 0 Å². The summed E-state index contributed by atoms with van der Waals surface area (Å²) >= 11 is 0. The van der Waals surface area contributed by atoms with Gasteiger partial charge in [0.15, 0.2) is 17.7 Å². The van der Waals surface area contributed by atoms with Crippen LogP contribution in [0, 0.1) is 11.8 Å². The third-order valence-electron chi connectivity index (χ3n) is 24.4. The second kappa shape index (κ2) is 45.4. The highest BCUT2D eigenvalue weighted by atomic mass is 16.5. The lowest BCUT2D eigenvalue weighted by Crippen LogP contribution is -2.18. The Labute approximate surface area is 854 Å². The highest BCUT2D eigenvalue weighted by Crippen LogP contribution is 2.46. The molecule has 18 heteroatoms. The van der Waals surface area contributed by atoms with Gasteiger partial charge in [0.05, 0.1) is 0 Å². The van der Waals surface area contributed by atoms with Crippen molar-refractivity contribution in [3.8, 4) is 85.9 Å². The average molecular weight is 1910 g/mol. The maximum absolute atomic E-state index is 6.68. The van der Waals surface area contributed by atoms with E-state index in [0.717, 1.165) is 159 Å². The summed E-state index contributed by atoms with van der Waals surface area (Å²) in [6, 6.07) is 162. The van der Waals surface area contributed by atoms with Gasteiger partial charge in [-0.3, -0.25) is 15.0 Å². The molecule has 19 aromatic rings. The van der Waals surface area contributed by atoms with Crippen molar-refractivity contribution in [1.82, 2.24) is 15.0 Å². The molecule has 0 aliphatic rings. The average Bonchev–Trinajstić information content (AvgIpc) is 0.795. The van der Waals surface area contributed by atoms with E-state index in [-0.39, 0.29) is 42.0 Å². The first-order valence-corrected chi connectivity index (χ1v) is 49.2. The maximum Gasteiger partial charge on any atom is 0.331 e. The van der Waals surface area contributed by atoms with Gasteiger partial charge in [0.25, 0.3) is 0 Å². The number of hydrogen-bond acceptors (Lipinski definition) is 18. The number of aliphatic imine (C=N–C) groups is 3. The maximum atomic E-state index is 6.68. The topological polar surface area (TPSA) is 151 Å². The summed E-state index contributed by atoms with van der Waals surface area (Å²) in [5, 5.41) is 0. The number of rotatable bonds is 34. The van der Waals surface area contributed by atoms with Gasteiger partial charge in [-0.05, 0) is 352 Å². The largest absolute Gasteiger partial charge is 0.444 e. The second-order valence-corrected chi connectivity index (χ2v) is 36.2. The molecule has 1 heterocycles. The Hall–Kier alpha value is -18.4. The summed E-state index contributed by atoms with van der Waals surface area (Å²) < 4.78 is 38.6. The van der Waals surface area contributed by atoms with Gasteiger partial charge in [-0.25, -0.2) is 0 Å². The molecule has 0 N–H and O–H groups in total. The van der Waals surface area contributed by atoms with Gasteiger partial charge in [-0.1, -0.05) is 210 Å². The van der Waals surface area contributed by atoms with Gasteiger partial charge in [0, 0.05) is 140 Å². The van der Waals surface area contributed by atoms with E-state index in [2.05, 4.69) is 372 Å². The molecule has 18 nitrogen and oxygen atoms in total. The first kappa shape index (κ1) is 96.5. The van der Waals surface area contributed by atoms with Gasteiger partial charge >= 0.3 is 18.0 Å². The summed E-state index contributed by atoms with van der Waals surface area (Å²) in [7, 11) is 1.76. The lowest BCUT2D eigenvalue weighted by atomic mass is 10.0. The third-order valence-corrected chi connectivity index (χ3v) is 24.4. The first-order chi connectivity index (χ1) is 71.5. The summed E-state index contributed by atoms with van der Waals surface area (Å²) in [6.07, 6.45) is 0. The number of aromatic nitrogens is 3. The van der Waals surface area contributed by atoms with Crippen LogP contribution in [-0.2, 0) is 0 Å². The van der Waals surface area contributed by atoms with Crippen LogP contribution in [-0.4, -0.2) is 51.8 Å². The van der Waals surface area contributed by atoms with Crippen molar-refractivity contribution >= 4 is 120 Å². The molecule has 0 bridgehead atoms. The van der Waals surface area contributed by atoms with E-state index < -0.39 is 0 Å². The SMILES string of the molecule is C/N=C(/Oc1ccc(N(c2ccccc2)c2ccc(-c3ccc(N(c4ccccc4)c4ccc(Oc5nc(Oc6ccc(N(c7ccccc7)c7ccc(-c8ccc(N(c9ccccc9)c9ccc(O/C(C)=N/C(C)C)cc9)cc8)cc7)cc6)nc(Oc6ccc(N(c7ccccc7)c7ccc(-c8ccc(N(c9ccccc9)c9ccc(O/C(=N/C(C)C)C(C)C)cc9)cc8)cc7)cc6)n5)cc4)cc3)cc2)cc1)C(C)C. The standard InChI is InChI=1S/C128H112N12O6/c1-89(2)124(129-10)142-119-79-67-113(68-80-119)136(101-31-19-12-20-32-101)107-55-43-95(44-56-107)98-49-61-110(62-50-98)139(104-37-25-15-26-38-104)116-73-85-122(86-74-116)145-127-132-126(144-121-83-71-115(72-84-121)138(103-35-23-14-24-36-103)109-59-47-97(48-60-109)94-41-53-106(54-42-94)135(100-29-17-11-18-30-100)112-65-77-118(78-66-112)141-93(9)130-91(5)6)133-128(134-127)146-123-87-75-117(76-88-123)140(105-39-27-16-28-40-105)111-63-51-99(52-64-111)96-45-57-108(58-46-96)137(102-33-21-13-22-34-102)114-69-81-120(82-70-114)143-125(90(3)4)131-92(7)8/h11-92H,1-10H3/b129-124+,130-93+,131-125+. The van der Waals surface area contributed by atoms with Crippen molar-refractivity contribution in [2.75, 3.05) is 36.4 Å². The van der Waals surface area contributed by atoms with Crippen molar-refractivity contribution in [1.29, 1.82) is 0 Å². The number of anilines is 18. The molecule has 0 radical (unpaired) electrons. The molecule has 0 amide bonds. The fourth-order valence-corrected chi connectivity index (χ4v) is 17.5. The van der Waals surface area contributed by atoms with Gasteiger partial charge in [-0.2, -0.15) is 0 Å². The van der Waals surface area contributed by atoms with E-state index in [0.29, 0.717) is 29.0 Å². The van der Waals surface area contributed by atoms with E-state index in [9.17, 15) is 0 Å². The monoisotopic (exact) mass is 1910 g/mol. The third kappa shape index (κ3) is 23.6. The van der Waals surface area contributed by atoms with Gasteiger partial charge < -0.3 is 57.8 Å². The van der Waals surface area contributed by atoms with Crippen molar-refractivity contribution in [2.24, 2.45) is 26.8 Å². The zero-order chi connectivity index (χ0) is 100. The zero-order valence-electron chi connectivity index (χ0n) is 83.2. The first-order valence-electron chi connectivity index (χ1n) is 49.2. The Morgan fingerprint density at radius 3 is 0.534 bits per heavy atom. The molecule has 146 heavy (non-hydrogen) atoms. The van der Waals surface area contributed by atoms with Gasteiger partial charge in [0.1, 0.15) is 34.5 Å². The molecule has 0 saturated heterocycles. The number of para-hydroxylation sites is 6. The van der Waals surface area contributed by atoms with Crippen LogP contribution in [0.5, 0.6) is 52.5 Å². The minimum atomic E-state index is -0.0609. The van der Waals surface area contributed by atoms with E-state index in [1.54, 1.807) is 7.05 Å². The predicted molar refractivity (Wildman–Crippen MR) is 600 cm³/mol. The van der Waals surface area contributed by atoms with Crippen LogP contribution in [0.25, 0.3) is 33.4 Å². The summed E-state index contributed by atoms with van der Waals surface area (Å²) in [4.78, 5) is 41.6. The minimum Gasteiger partial charge on any atom is -0.444 e. The van der Waals surface area contributed by atoms with Crippen molar-refractivity contribution in [3.63, 3.8) is 0 Å². The molecule has 0 atom stereocenters. The fourth-order valence-electron chi connectivity index (χ4n) is 17.5. The van der Waals surface area contributed by atoms with Crippen LogP contribution in [0.2, 0.25) is 0 Å². The lowest BCUT2D eigenvalue weighted by molar-refractivity contribution is 0.362. The smallest absolute Gasteiger partial charge is 0.331 e. The molecule has 0 aliphatic heterocycles. The molecule has 0 spiro atoms. The van der Waals surface area contributed by atoms with Crippen molar-refractivity contribution in [2.45, 2.75) is 74.4 Å². The molecule has 1 aromatic heterocycles. The Kier molecular flexibility index (Phi) is 30.0. The molecule has 720 valence electrons. The van der Waals surface area contributed by atoms with Crippen LogP contribution < -0.4 is 57.8 Å². The molecule has 0 aliphatic carbocycles. The Balaban J connectivity index is 0.591. The van der Waals surface area contributed by atoms with E-state index in [1.807, 2.05) is 203 Å². The van der Waals surface area contributed by atoms with Crippen LogP contribution in [0.15, 0.2) is 488 Å². The minimum absolute atomic E-state index is 0.0609. The Morgan fingerprint density at radius 1 is 0.192 bits per heavy atom. The summed E-state index contributed by atoms with van der Waals surface area (Å²) in [5.41, 5.74) is 23.9. The normalized spacial score (nSPS) is 11.6. The molecule has 0 saturated carbocycles. The van der Waals surface area contributed by atoms with Crippen LogP contribution in [0.1, 0.15) is 62.3 Å². The molecular formula is C128H112N12O6. The van der Waals surface area contributed by atoms with Crippen LogP contribution >= 0.6 is 0 Å². The van der Waals surface area contributed by atoms with Gasteiger partial charge in [-0.15, -0.1) is 15.0 Å². The number of benzene rings is 18. The molecule has 19 rings (SSSR count).